The van der Waals surface area contributed by atoms with E-state index in [0.29, 0.717) is 0 Å². The van der Waals surface area contributed by atoms with Crippen molar-refractivity contribution < 1.29 is 0 Å². The molecule has 0 atom stereocenters. The van der Waals surface area contributed by atoms with Crippen molar-refractivity contribution in [3.05, 3.63) is 23.4 Å². The Morgan fingerprint density at radius 1 is 1.42 bits per heavy atom. The van der Waals surface area contributed by atoms with E-state index in [2.05, 4.69) is 22.1 Å². The number of aromatic nitrogens is 1. The van der Waals surface area contributed by atoms with Crippen LogP contribution in [0, 0.1) is 18.8 Å². The minimum Gasteiger partial charge on any atom is -0.372 e. The third kappa shape index (κ3) is 1.76. The second-order valence-corrected chi connectivity index (χ2v) is 2.47. The van der Waals surface area contributed by atoms with Crippen molar-refractivity contribution in [1.29, 1.82) is 0 Å². The fourth-order valence-electron chi connectivity index (χ4n) is 0.983. The summed E-state index contributed by atoms with van der Waals surface area (Å²) in [6.45, 7) is 3.78. The first-order valence-corrected chi connectivity index (χ1v) is 3.86. The molecule has 1 rings (SSSR count). The highest BCUT2D eigenvalue weighted by atomic mass is 15.0. The molecule has 0 bridgehead atoms. The molecule has 0 amide bonds. The molecule has 12 heavy (non-hydrogen) atoms. The lowest BCUT2D eigenvalue weighted by Gasteiger charge is -2.02. The molecule has 1 aromatic rings. The van der Waals surface area contributed by atoms with Gasteiger partial charge >= 0.3 is 0 Å². The largest absolute Gasteiger partial charge is 0.372 e. The lowest BCUT2D eigenvalue weighted by molar-refractivity contribution is 1.18. The highest BCUT2D eigenvalue weighted by molar-refractivity contribution is 5.53. The van der Waals surface area contributed by atoms with Crippen molar-refractivity contribution >= 4 is 5.82 Å². The maximum Gasteiger partial charge on any atom is 0.141 e. The molecular weight excluding hydrogens is 148 g/mol. The summed E-state index contributed by atoms with van der Waals surface area (Å²) < 4.78 is 0. The van der Waals surface area contributed by atoms with Crippen molar-refractivity contribution in [2.75, 3.05) is 12.4 Å². The molecular formula is C10H12N2. The van der Waals surface area contributed by atoms with Gasteiger partial charge in [0.2, 0.25) is 0 Å². The zero-order chi connectivity index (χ0) is 8.97. The van der Waals surface area contributed by atoms with Crippen LogP contribution in [0.25, 0.3) is 0 Å². The summed E-state index contributed by atoms with van der Waals surface area (Å²) in [5.74, 6) is 6.68. The monoisotopic (exact) mass is 160 g/mol. The lowest BCUT2D eigenvalue weighted by Crippen LogP contribution is -1.96. The molecule has 0 fully saturated rings. The standard InChI is InChI=1S/C10H12N2/c1-4-5-9-7-6-8(2)12-10(9)11-3/h6-7H,1-3H3,(H,11,12). The van der Waals surface area contributed by atoms with E-state index in [-0.39, 0.29) is 0 Å². The molecule has 1 aromatic heterocycles. The van der Waals surface area contributed by atoms with Gasteiger partial charge in [-0.05, 0) is 26.0 Å². The number of nitrogens with zero attached hydrogens (tertiary/aromatic N) is 1. The molecule has 0 aliphatic rings. The minimum atomic E-state index is 0.851. The molecule has 0 aliphatic heterocycles. The van der Waals surface area contributed by atoms with Gasteiger partial charge in [0.1, 0.15) is 5.82 Å². The van der Waals surface area contributed by atoms with Crippen LogP contribution in [0.4, 0.5) is 5.82 Å². The number of rotatable bonds is 1. The molecule has 0 saturated carbocycles. The summed E-state index contributed by atoms with van der Waals surface area (Å²) in [7, 11) is 1.85. The van der Waals surface area contributed by atoms with E-state index in [1.54, 1.807) is 0 Å². The minimum absolute atomic E-state index is 0.851. The third-order valence-electron chi connectivity index (χ3n) is 1.53. The highest BCUT2D eigenvalue weighted by Gasteiger charge is 1.97. The molecule has 0 unspecified atom stereocenters. The van der Waals surface area contributed by atoms with E-state index in [1.807, 2.05) is 33.0 Å². The summed E-state index contributed by atoms with van der Waals surface area (Å²) in [5, 5.41) is 3.01. The number of hydrogen-bond acceptors (Lipinski definition) is 2. The maximum absolute atomic E-state index is 4.30. The van der Waals surface area contributed by atoms with E-state index in [0.717, 1.165) is 17.1 Å². The smallest absolute Gasteiger partial charge is 0.141 e. The van der Waals surface area contributed by atoms with Crippen LogP contribution in [-0.2, 0) is 0 Å². The van der Waals surface area contributed by atoms with Crippen LogP contribution in [0.5, 0.6) is 0 Å². The number of pyridine rings is 1. The van der Waals surface area contributed by atoms with Crippen LogP contribution in [0.15, 0.2) is 12.1 Å². The quantitative estimate of drug-likeness (QED) is 0.634. The highest BCUT2D eigenvalue weighted by Crippen LogP contribution is 2.10. The molecule has 2 heteroatoms. The van der Waals surface area contributed by atoms with Crippen molar-refractivity contribution in [3.8, 4) is 11.8 Å². The average Bonchev–Trinajstić information content (AvgIpc) is 2.08. The van der Waals surface area contributed by atoms with Crippen LogP contribution < -0.4 is 5.32 Å². The van der Waals surface area contributed by atoms with E-state index in [1.165, 1.54) is 0 Å². The Balaban J connectivity index is 3.17. The van der Waals surface area contributed by atoms with Crippen LogP contribution >= 0.6 is 0 Å². The lowest BCUT2D eigenvalue weighted by atomic mass is 10.2. The SMILES string of the molecule is CC#Cc1ccc(C)nc1NC. The predicted octanol–water partition coefficient (Wildman–Crippen LogP) is 1.80. The Morgan fingerprint density at radius 2 is 2.17 bits per heavy atom. The Kier molecular flexibility index (Phi) is 2.71. The number of anilines is 1. The third-order valence-corrected chi connectivity index (χ3v) is 1.53. The van der Waals surface area contributed by atoms with Crippen molar-refractivity contribution in [2.24, 2.45) is 0 Å². The van der Waals surface area contributed by atoms with E-state index in [4.69, 9.17) is 0 Å². The van der Waals surface area contributed by atoms with Crippen LogP contribution in [0.3, 0.4) is 0 Å². The molecule has 0 aromatic carbocycles. The van der Waals surface area contributed by atoms with Gasteiger partial charge in [-0.15, -0.1) is 5.92 Å². The van der Waals surface area contributed by atoms with Crippen LogP contribution in [0.2, 0.25) is 0 Å². The van der Waals surface area contributed by atoms with Gasteiger partial charge in [0, 0.05) is 12.7 Å². The second-order valence-electron chi connectivity index (χ2n) is 2.47. The topological polar surface area (TPSA) is 24.9 Å². The number of aryl methyl sites for hydroxylation is 1. The second kappa shape index (κ2) is 3.77. The first-order chi connectivity index (χ1) is 5.77. The van der Waals surface area contributed by atoms with E-state index >= 15 is 0 Å². The zero-order valence-electron chi connectivity index (χ0n) is 7.60. The normalized spacial score (nSPS) is 8.58. The average molecular weight is 160 g/mol. The summed E-state index contributed by atoms with van der Waals surface area (Å²) in [6, 6.07) is 3.94. The van der Waals surface area contributed by atoms with Gasteiger partial charge in [-0.1, -0.05) is 5.92 Å². The first kappa shape index (κ1) is 8.61. The molecule has 0 saturated heterocycles. The first-order valence-electron chi connectivity index (χ1n) is 3.86. The Hall–Kier alpha value is -1.49. The molecule has 0 spiro atoms. The van der Waals surface area contributed by atoms with Crippen LogP contribution in [0.1, 0.15) is 18.2 Å². The van der Waals surface area contributed by atoms with Gasteiger partial charge in [-0.2, -0.15) is 0 Å². The van der Waals surface area contributed by atoms with Gasteiger partial charge in [0.05, 0.1) is 5.56 Å². The number of hydrogen-bond donors (Lipinski definition) is 1. The fraction of sp³-hybridized carbons (Fsp3) is 0.300. The van der Waals surface area contributed by atoms with Gasteiger partial charge < -0.3 is 5.32 Å². The van der Waals surface area contributed by atoms with Gasteiger partial charge in [0.15, 0.2) is 0 Å². The van der Waals surface area contributed by atoms with Crippen molar-refractivity contribution in [1.82, 2.24) is 4.98 Å². The molecule has 1 N–H and O–H groups in total. The Bertz CT molecular complexity index is 331. The molecule has 1 heterocycles. The fourth-order valence-corrected chi connectivity index (χ4v) is 0.983. The van der Waals surface area contributed by atoms with E-state index < -0.39 is 0 Å². The van der Waals surface area contributed by atoms with Gasteiger partial charge in [-0.3, -0.25) is 0 Å². The van der Waals surface area contributed by atoms with Crippen molar-refractivity contribution in [2.45, 2.75) is 13.8 Å². The van der Waals surface area contributed by atoms with Crippen LogP contribution in [-0.4, -0.2) is 12.0 Å². The maximum atomic E-state index is 4.30. The summed E-state index contributed by atoms with van der Waals surface area (Å²) in [5.41, 5.74) is 1.95. The summed E-state index contributed by atoms with van der Waals surface area (Å²) in [6.07, 6.45) is 0. The van der Waals surface area contributed by atoms with E-state index in [9.17, 15) is 0 Å². The predicted molar refractivity (Wildman–Crippen MR) is 51.1 cm³/mol. The molecule has 0 aliphatic carbocycles. The molecule has 2 nitrogen and oxygen atoms in total. The Morgan fingerprint density at radius 3 is 2.75 bits per heavy atom. The summed E-state index contributed by atoms with van der Waals surface area (Å²) in [4.78, 5) is 4.30. The van der Waals surface area contributed by atoms with Crippen molar-refractivity contribution in [3.63, 3.8) is 0 Å². The number of nitrogens with one attached hydrogen (secondary N) is 1. The Labute approximate surface area is 73.0 Å². The summed E-state index contributed by atoms with van der Waals surface area (Å²) >= 11 is 0. The molecule has 0 radical (unpaired) electrons. The zero-order valence-corrected chi connectivity index (χ0v) is 7.60. The molecule has 62 valence electrons. The van der Waals surface area contributed by atoms with Gasteiger partial charge in [0.25, 0.3) is 0 Å². The van der Waals surface area contributed by atoms with Gasteiger partial charge in [-0.25, -0.2) is 4.98 Å².